The molecule has 0 N–H and O–H groups in total. The quantitative estimate of drug-likeness (QED) is 0.652. The van der Waals surface area contributed by atoms with E-state index >= 15 is 0 Å². The van der Waals surface area contributed by atoms with Crippen LogP contribution in [0.2, 0.25) is 0 Å². The van der Waals surface area contributed by atoms with Gasteiger partial charge in [-0.1, -0.05) is 19.8 Å². The number of hydrogen-bond donors (Lipinski definition) is 0. The summed E-state index contributed by atoms with van der Waals surface area (Å²) >= 11 is 0. The molecular formula is C13H22N2O. The van der Waals surface area contributed by atoms with E-state index in [1.807, 2.05) is 23.9 Å². The molecule has 1 amide bonds. The molecule has 3 heteroatoms. The predicted molar refractivity (Wildman–Crippen MR) is 65.9 cm³/mol. The summed E-state index contributed by atoms with van der Waals surface area (Å²) in [6.07, 6.45) is 1.12. The standard InChI is InChI=1S/C13H22N2O/c1-11(2)12-7-9-15(10-12)13(16)6-5-8-14(3)4/h11-12H,7-10H2,1-4H3. The third-order valence-corrected chi connectivity index (χ3v) is 3.05. The van der Waals surface area contributed by atoms with E-state index in [1.54, 1.807) is 0 Å². The smallest absolute Gasteiger partial charge is 0.298 e. The van der Waals surface area contributed by atoms with Crippen molar-refractivity contribution < 1.29 is 4.79 Å². The monoisotopic (exact) mass is 222 g/mol. The Morgan fingerprint density at radius 3 is 2.69 bits per heavy atom. The number of nitrogens with zero attached hydrogens (tertiary/aromatic N) is 2. The minimum Gasteiger partial charge on any atom is -0.332 e. The Bertz CT molecular complexity index is 299. The van der Waals surface area contributed by atoms with Gasteiger partial charge in [-0.2, -0.15) is 0 Å². The second kappa shape index (κ2) is 5.91. The Morgan fingerprint density at radius 1 is 1.50 bits per heavy atom. The zero-order chi connectivity index (χ0) is 12.1. The van der Waals surface area contributed by atoms with Gasteiger partial charge in [-0.25, -0.2) is 0 Å². The SMILES string of the molecule is CC(C)C1CCN(C(=O)C#CCN(C)C)C1. The fourth-order valence-electron chi connectivity index (χ4n) is 1.87. The lowest BCUT2D eigenvalue weighted by molar-refractivity contribution is -0.124. The van der Waals surface area contributed by atoms with E-state index in [4.69, 9.17) is 0 Å². The van der Waals surface area contributed by atoms with Gasteiger partial charge >= 0.3 is 0 Å². The molecule has 0 radical (unpaired) electrons. The fourth-order valence-corrected chi connectivity index (χ4v) is 1.87. The second-order valence-electron chi connectivity index (χ2n) is 5.08. The number of carbonyl (C=O) groups is 1. The van der Waals surface area contributed by atoms with Crippen LogP contribution in [-0.4, -0.2) is 49.4 Å². The van der Waals surface area contributed by atoms with Crippen LogP contribution in [0.5, 0.6) is 0 Å². The van der Waals surface area contributed by atoms with Crippen molar-refractivity contribution in [3.63, 3.8) is 0 Å². The van der Waals surface area contributed by atoms with Crippen LogP contribution in [-0.2, 0) is 4.79 Å². The molecule has 0 aliphatic carbocycles. The topological polar surface area (TPSA) is 23.6 Å². The maximum atomic E-state index is 11.7. The van der Waals surface area contributed by atoms with Crippen LogP contribution in [0.15, 0.2) is 0 Å². The van der Waals surface area contributed by atoms with Crippen molar-refractivity contribution in [2.75, 3.05) is 33.7 Å². The molecule has 1 heterocycles. The highest BCUT2D eigenvalue weighted by Crippen LogP contribution is 2.23. The van der Waals surface area contributed by atoms with E-state index < -0.39 is 0 Å². The van der Waals surface area contributed by atoms with Gasteiger partial charge in [-0.05, 0) is 38.3 Å². The number of hydrogen-bond acceptors (Lipinski definition) is 2. The number of rotatable bonds is 2. The van der Waals surface area contributed by atoms with Crippen molar-refractivity contribution in [3.05, 3.63) is 0 Å². The fraction of sp³-hybridized carbons (Fsp3) is 0.769. The highest BCUT2D eigenvalue weighted by atomic mass is 16.2. The first kappa shape index (κ1) is 13.1. The molecule has 1 aliphatic rings. The summed E-state index contributed by atoms with van der Waals surface area (Å²) in [4.78, 5) is 15.6. The first-order chi connectivity index (χ1) is 7.50. The summed E-state index contributed by atoms with van der Waals surface area (Å²) in [6, 6.07) is 0. The zero-order valence-electron chi connectivity index (χ0n) is 10.8. The van der Waals surface area contributed by atoms with Crippen molar-refractivity contribution in [1.29, 1.82) is 0 Å². The van der Waals surface area contributed by atoms with E-state index in [2.05, 4.69) is 25.7 Å². The van der Waals surface area contributed by atoms with Gasteiger partial charge in [0, 0.05) is 13.1 Å². The van der Waals surface area contributed by atoms with Gasteiger partial charge in [0.05, 0.1) is 6.54 Å². The molecule has 16 heavy (non-hydrogen) atoms. The van der Waals surface area contributed by atoms with Crippen LogP contribution in [0, 0.1) is 23.7 Å². The first-order valence-electron chi connectivity index (χ1n) is 5.93. The van der Waals surface area contributed by atoms with Crippen molar-refractivity contribution in [3.8, 4) is 11.8 Å². The number of likely N-dealkylation sites (tertiary alicyclic amines) is 1. The Morgan fingerprint density at radius 2 is 2.19 bits per heavy atom. The Kier molecular flexibility index (Phi) is 4.82. The molecule has 1 aliphatic heterocycles. The molecule has 0 aromatic rings. The predicted octanol–water partition coefficient (Wildman–Crippen LogP) is 1.06. The van der Waals surface area contributed by atoms with E-state index in [1.165, 1.54) is 0 Å². The highest BCUT2D eigenvalue weighted by Gasteiger charge is 2.27. The van der Waals surface area contributed by atoms with Gasteiger partial charge in [0.2, 0.25) is 0 Å². The normalized spacial score (nSPS) is 20.1. The molecular weight excluding hydrogens is 200 g/mol. The summed E-state index contributed by atoms with van der Waals surface area (Å²) in [5.74, 6) is 6.90. The zero-order valence-corrected chi connectivity index (χ0v) is 10.8. The summed E-state index contributed by atoms with van der Waals surface area (Å²) in [5.41, 5.74) is 0. The van der Waals surface area contributed by atoms with Crippen molar-refractivity contribution in [1.82, 2.24) is 9.80 Å². The van der Waals surface area contributed by atoms with Crippen molar-refractivity contribution >= 4 is 5.91 Å². The molecule has 3 nitrogen and oxygen atoms in total. The molecule has 0 saturated carbocycles. The van der Waals surface area contributed by atoms with Gasteiger partial charge in [0.1, 0.15) is 0 Å². The Hall–Kier alpha value is -1.01. The van der Waals surface area contributed by atoms with Gasteiger partial charge < -0.3 is 4.90 Å². The third-order valence-electron chi connectivity index (χ3n) is 3.05. The lowest BCUT2D eigenvalue weighted by Gasteiger charge is -2.15. The molecule has 1 saturated heterocycles. The van der Waals surface area contributed by atoms with Gasteiger partial charge in [0.25, 0.3) is 5.91 Å². The Balaban J connectivity index is 2.41. The van der Waals surface area contributed by atoms with Gasteiger partial charge in [-0.15, -0.1) is 0 Å². The first-order valence-corrected chi connectivity index (χ1v) is 5.93. The summed E-state index contributed by atoms with van der Waals surface area (Å²) < 4.78 is 0. The van der Waals surface area contributed by atoms with Crippen molar-refractivity contribution in [2.24, 2.45) is 11.8 Å². The minimum atomic E-state index is -0.00926. The lowest BCUT2D eigenvalue weighted by Crippen LogP contribution is -2.28. The van der Waals surface area contributed by atoms with E-state index in [9.17, 15) is 4.79 Å². The minimum absolute atomic E-state index is 0.00926. The molecule has 1 atom stereocenters. The molecule has 1 unspecified atom stereocenters. The summed E-state index contributed by atoms with van der Waals surface area (Å²) in [6.45, 7) is 6.84. The average Bonchev–Trinajstić information content (AvgIpc) is 2.65. The van der Waals surface area contributed by atoms with E-state index in [-0.39, 0.29) is 5.91 Å². The Labute approximate surface area is 98.8 Å². The lowest BCUT2D eigenvalue weighted by atomic mass is 9.95. The highest BCUT2D eigenvalue weighted by molar-refractivity contribution is 5.93. The summed E-state index contributed by atoms with van der Waals surface area (Å²) in [5, 5.41) is 0. The molecule has 1 fully saturated rings. The third kappa shape index (κ3) is 3.86. The van der Waals surface area contributed by atoms with Crippen molar-refractivity contribution in [2.45, 2.75) is 20.3 Å². The largest absolute Gasteiger partial charge is 0.332 e. The maximum Gasteiger partial charge on any atom is 0.298 e. The van der Waals surface area contributed by atoms with Crippen LogP contribution in [0.25, 0.3) is 0 Å². The van der Waals surface area contributed by atoms with Crippen LogP contribution in [0.3, 0.4) is 0 Å². The van der Waals surface area contributed by atoms with Crippen LogP contribution < -0.4 is 0 Å². The molecule has 0 spiro atoms. The molecule has 90 valence electrons. The van der Waals surface area contributed by atoms with Gasteiger partial charge in [0.15, 0.2) is 0 Å². The number of carbonyl (C=O) groups excluding carboxylic acids is 1. The van der Waals surface area contributed by atoms with E-state index in [0.29, 0.717) is 18.4 Å². The molecule has 0 bridgehead atoms. The van der Waals surface area contributed by atoms with Gasteiger partial charge in [-0.3, -0.25) is 9.69 Å². The van der Waals surface area contributed by atoms with Crippen LogP contribution >= 0.6 is 0 Å². The molecule has 1 rings (SSSR count). The van der Waals surface area contributed by atoms with E-state index in [0.717, 1.165) is 19.5 Å². The second-order valence-corrected chi connectivity index (χ2v) is 5.08. The van der Waals surface area contributed by atoms with Crippen LogP contribution in [0.4, 0.5) is 0 Å². The molecule has 0 aromatic carbocycles. The summed E-state index contributed by atoms with van der Waals surface area (Å²) in [7, 11) is 3.90. The average molecular weight is 222 g/mol. The maximum absolute atomic E-state index is 11.7. The number of amides is 1. The van der Waals surface area contributed by atoms with Crippen LogP contribution in [0.1, 0.15) is 20.3 Å². The molecule has 0 aromatic heterocycles.